The van der Waals surface area contributed by atoms with Crippen LogP contribution in [0, 0.1) is 0 Å². The molecule has 1 aromatic heterocycles. The lowest BCUT2D eigenvalue weighted by molar-refractivity contribution is -0.134. The number of para-hydroxylation sites is 1. The first-order chi connectivity index (χ1) is 17.0. The summed E-state index contributed by atoms with van der Waals surface area (Å²) < 4.78 is 28.7. The molecule has 1 fully saturated rings. The van der Waals surface area contributed by atoms with Crippen molar-refractivity contribution in [2.75, 3.05) is 19.6 Å². The zero-order valence-corrected chi connectivity index (χ0v) is 20.3. The Morgan fingerprint density at radius 3 is 2.60 bits per heavy atom. The molecule has 2 amide bonds. The largest absolute Gasteiger partial charge is 0.356 e. The van der Waals surface area contributed by atoms with Crippen molar-refractivity contribution in [3.63, 3.8) is 0 Å². The van der Waals surface area contributed by atoms with Crippen LogP contribution in [0.15, 0.2) is 71.8 Å². The Hall–Kier alpha value is -3.30. The van der Waals surface area contributed by atoms with Gasteiger partial charge in [-0.1, -0.05) is 61.4 Å². The van der Waals surface area contributed by atoms with E-state index in [0.29, 0.717) is 24.0 Å². The normalized spacial score (nSPS) is 18.0. The lowest BCUT2D eigenvalue weighted by atomic mass is 10.0. The van der Waals surface area contributed by atoms with Crippen LogP contribution in [0.3, 0.4) is 0 Å². The third-order valence-corrected chi connectivity index (χ3v) is 7.64. The Labute approximate surface area is 205 Å². The number of benzene rings is 2. The molecular formula is C26H30N4O4S. The van der Waals surface area contributed by atoms with Gasteiger partial charge in [0.2, 0.25) is 21.8 Å². The molecule has 1 aliphatic heterocycles. The molecule has 2 N–H and O–H groups in total. The molecule has 1 aliphatic rings. The molecule has 8 nitrogen and oxygen atoms in total. The smallest absolute Gasteiger partial charge is 0.243 e. The minimum atomic E-state index is -3.99. The highest BCUT2D eigenvalue weighted by molar-refractivity contribution is 7.89. The highest BCUT2D eigenvalue weighted by Gasteiger charge is 2.29. The first-order valence-electron chi connectivity index (χ1n) is 11.9. The van der Waals surface area contributed by atoms with Crippen molar-refractivity contribution in [1.82, 2.24) is 19.9 Å². The molecule has 184 valence electrons. The number of rotatable bonds is 5. The minimum absolute atomic E-state index is 0.0276. The number of carbonyl (C=O) groups is 2. The Bertz CT molecular complexity index is 1280. The lowest BCUT2D eigenvalue weighted by Crippen LogP contribution is -2.44. The Morgan fingerprint density at radius 1 is 1.00 bits per heavy atom. The Balaban J connectivity index is 1.58. The molecule has 2 heterocycles. The van der Waals surface area contributed by atoms with Crippen LogP contribution >= 0.6 is 0 Å². The van der Waals surface area contributed by atoms with Gasteiger partial charge in [-0.05, 0) is 30.5 Å². The molecule has 2 aromatic carbocycles. The topological polar surface area (TPSA) is 108 Å². The van der Waals surface area contributed by atoms with Gasteiger partial charge in [0.15, 0.2) is 0 Å². The van der Waals surface area contributed by atoms with Gasteiger partial charge in [-0.25, -0.2) is 13.1 Å². The summed E-state index contributed by atoms with van der Waals surface area (Å²) in [5.41, 5.74) is 1.19. The second kappa shape index (κ2) is 11.4. The predicted octanol–water partition coefficient (Wildman–Crippen LogP) is 3.16. The van der Waals surface area contributed by atoms with E-state index in [-0.39, 0.29) is 23.1 Å². The van der Waals surface area contributed by atoms with Crippen LogP contribution < -0.4 is 10.0 Å². The zero-order valence-electron chi connectivity index (χ0n) is 19.5. The summed E-state index contributed by atoms with van der Waals surface area (Å²) in [6.07, 6.45) is 5.22. The fourth-order valence-corrected chi connectivity index (χ4v) is 5.55. The quantitative estimate of drug-likeness (QED) is 0.566. The number of hydrogen-bond donors (Lipinski definition) is 2. The van der Waals surface area contributed by atoms with E-state index in [1.54, 1.807) is 29.2 Å². The first-order valence-corrected chi connectivity index (χ1v) is 13.4. The van der Waals surface area contributed by atoms with Crippen LogP contribution in [-0.4, -0.2) is 49.8 Å². The van der Waals surface area contributed by atoms with E-state index in [0.717, 1.165) is 31.2 Å². The summed E-state index contributed by atoms with van der Waals surface area (Å²) in [5, 5.41) is 3.64. The zero-order chi connectivity index (χ0) is 24.7. The second-order valence-electron chi connectivity index (χ2n) is 8.64. The van der Waals surface area contributed by atoms with E-state index >= 15 is 0 Å². The van der Waals surface area contributed by atoms with Crippen LogP contribution in [0.2, 0.25) is 0 Å². The monoisotopic (exact) mass is 494 g/mol. The van der Waals surface area contributed by atoms with E-state index in [9.17, 15) is 18.0 Å². The molecule has 0 bridgehead atoms. The SMILES string of the molecule is O=C1CC(c2ccccc2)N(C(=O)CNS(=O)(=O)c2cccc3cccnc23)CCCCCCN1. The van der Waals surface area contributed by atoms with E-state index in [2.05, 4.69) is 15.0 Å². The number of aromatic nitrogens is 1. The maximum Gasteiger partial charge on any atom is 0.243 e. The fraction of sp³-hybridized carbons (Fsp3) is 0.346. The Morgan fingerprint density at radius 2 is 1.77 bits per heavy atom. The minimum Gasteiger partial charge on any atom is -0.356 e. The van der Waals surface area contributed by atoms with E-state index in [1.807, 2.05) is 30.3 Å². The van der Waals surface area contributed by atoms with Gasteiger partial charge in [0.1, 0.15) is 4.90 Å². The number of nitrogens with one attached hydrogen (secondary N) is 2. The maximum absolute atomic E-state index is 13.4. The molecule has 1 atom stereocenters. The number of fused-ring (bicyclic) bond motifs is 1. The summed E-state index contributed by atoms with van der Waals surface area (Å²) in [5.74, 6) is -0.497. The Kier molecular flexibility index (Phi) is 8.09. The third kappa shape index (κ3) is 6.23. The average molecular weight is 495 g/mol. The highest BCUT2D eigenvalue weighted by atomic mass is 32.2. The molecule has 4 rings (SSSR count). The van der Waals surface area contributed by atoms with Gasteiger partial charge in [0, 0.05) is 24.7 Å². The number of sulfonamides is 1. The van der Waals surface area contributed by atoms with Gasteiger partial charge in [0.25, 0.3) is 0 Å². The van der Waals surface area contributed by atoms with Crippen molar-refractivity contribution in [3.05, 3.63) is 72.4 Å². The van der Waals surface area contributed by atoms with Crippen molar-refractivity contribution in [1.29, 1.82) is 0 Å². The summed E-state index contributed by atoms with van der Waals surface area (Å²) in [7, 11) is -3.99. The van der Waals surface area contributed by atoms with Crippen molar-refractivity contribution >= 4 is 32.7 Å². The van der Waals surface area contributed by atoms with Gasteiger partial charge < -0.3 is 10.2 Å². The van der Waals surface area contributed by atoms with Gasteiger partial charge in [0.05, 0.1) is 24.5 Å². The number of hydrogen-bond acceptors (Lipinski definition) is 5. The average Bonchev–Trinajstić information content (AvgIpc) is 2.92. The maximum atomic E-state index is 13.4. The van der Waals surface area contributed by atoms with Crippen LogP contribution in [-0.2, 0) is 19.6 Å². The second-order valence-corrected chi connectivity index (χ2v) is 10.4. The third-order valence-electron chi connectivity index (χ3n) is 6.21. The van der Waals surface area contributed by atoms with Crippen molar-refractivity contribution in [2.24, 2.45) is 0 Å². The van der Waals surface area contributed by atoms with E-state index < -0.39 is 22.6 Å². The molecule has 3 aromatic rings. The number of nitrogens with zero attached hydrogens (tertiary/aromatic N) is 2. The van der Waals surface area contributed by atoms with Crippen LogP contribution in [0.5, 0.6) is 0 Å². The molecule has 0 spiro atoms. The molecule has 35 heavy (non-hydrogen) atoms. The van der Waals surface area contributed by atoms with Gasteiger partial charge in [-0.15, -0.1) is 0 Å². The van der Waals surface area contributed by atoms with Gasteiger partial charge >= 0.3 is 0 Å². The van der Waals surface area contributed by atoms with Crippen molar-refractivity contribution in [2.45, 2.75) is 43.0 Å². The van der Waals surface area contributed by atoms with Crippen LogP contribution in [0.1, 0.15) is 43.7 Å². The molecular weight excluding hydrogens is 464 g/mol. The van der Waals surface area contributed by atoms with Crippen molar-refractivity contribution in [3.8, 4) is 0 Å². The number of pyridine rings is 1. The molecule has 0 aliphatic carbocycles. The van der Waals surface area contributed by atoms with Gasteiger partial charge in [-0.3, -0.25) is 14.6 Å². The van der Waals surface area contributed by atoms with Crippen LogP contribution in [0.4, 0.5) is 0 Å². The standard InChI is InChI=1S/C26H30N4O4S/c31-24-18-22(20-10-4-3-5-11-20)30(17-7-2-1-6-15-27-24)25(32)19-29-35(33,34)23-14-8-12-21-13-9-16-28-26(21)23/h3-5,8-14,16,22,29H,1-2,6-7,15,17-19H2,(H,27,31). The predicted molar refractivity (Wildman–Crippen MR) is 134 cm³/mol. The summed E-state index contributed by atoms with van der Waals surface area (Å²) >= 11 is 0. The van der Waals surface area contributed by atoms with Crippen LogP contribution in [0.25, 0.3) is 10.9 Å². The summed E-state index contributed by atoms with van der Waals surface area (Å²) in [6.45, 7) is 0.660. The number of amides is 2. The van der Waals surface area contributed by atoms with E-state index in [4.69, 9.17) is 0 Å². The van der Waals surface area contributed by atoms with Gasteiger partial charge in [-0.2, -0.15) is 0 Å². The van der Waals surface area contributed by atoms with Crippen molar-refractivity contribution < 1.29 is 18.0 Å². The molecule has 0 saturated carbocycles. The molecule has 1 saturated heterocycles. The molecule has 9 heteroatoms. The summed E-state index contributed by atoms with van der Waals surface area (Å²) in [6, 6.07) is 17.4. The fourth-order valence-electron chi connectivity index (χ4n) is 4.40. The molecule has 0 radical (unpaired) electrons. The van der Waals surface area contributed by atoms with E-state index in [1.165, 1.54) is 12.3 Å². The number of carbonyl (C=O) groups excluding carboxylic acids is 2. The first kappa shape index (κ1) is 24.8. The molecule has 1 unspecified atom stereocenters. The lowest BCUT2D eigenvalue weighted by Gasteiger charge is -2.32. The highest BCUT2D eigenvalue weighted by Crippen LogP contribution is 2.26. The summed E-state index contributed by atoms with van der Waals surface area (Å²) in [4.78, 5) is 31.9.